The Bertz CT molecular complexity index is 1040. The fourth-order valence-electron chi connectivity index (χ4n) is 3.65. The van der Waals surface area contributed by atoms with E-state index >= 15 is 0 Å². The molecule has 2 aliphatic heterocycles. The van der Waals surface area contributed by atoms with Crippen LogP contribution in [-0.2, 0) is 21.7 Å². The summed E-state index contributed by atoms with van der Waals surface area (Å²) in [4.78, 5) is 39.0. The fraction of sp³-hybridized carbons (Fsp3) is 0.348. The Balaban J connectivity index is 1.42. The van der Waals surface area contributed by atoms with Crippen LogP contribution < -0.4 is 24.8 Å². The van der Waals surface area contributed by atoms with Crippen LogP contribution in [0.25, 0.3) is 0 Å². The lowest BCUT2D eigenvalue weighted by Gasteiger charge is -2.23. The third kappa shape index (κ3) is 4.18. The minimum Gasteiger partial charge on any atom is -0.497 e. The molecule has 4 rings (SSSR count). The molecule has 2 aromatic rings. The summed E-state index contributed by atoms with van der Waals surface area (Å²) in [7, 11) is 1.58. The van der Waals surface area contributed by atoms with Crippen LogP contribution in [0.3, 0.4) is 0 Å². The van der Waals surface area contributed by atoms with Crippen LogP contribution in [0.2, 0.25) is 0 Å². The van der Waals surface area contributed by atoms with E-state index in [1.807, 2.05) is 12.1 Å². The molecule has 4 amide bonds. The first-order valence-electron chi connectivity index (χ1n) is 10.3. The van der Waals surface area contributed by atoms with Gasteiger partial charge in [-0.3, -0.25) is 14.5 Å². The topological polar surface area (TPSA) is 106 Å². The van der Waals surface area contributed by atoms with Gasteiger partial charge in [0.2, 0.25) is 5.91 Å². The highest BCUT2D eigenvalue weighted by Crippen LogP contribution is 2.36. The zero-order valence-electron chi connectivity index (χ0n) is 18.0. The maximum Gasteiger partial charge on any atom is 0.325 e. The zero-order chi connectivity index (χ0) is 22.7. The Morgan fingerprint density at radius 2 is 1.84 bits per heavy atom. The maximum absolute atomic E-state index is 13.1. The lowest BCUT2D eigenvalue weighted by atomic mass is 9.91. The fourth-order valence-corrected chi connectivity index (χ4v) is 3.65. The SMILES string of the molecule is COc1ccc(CNC(=O)CN2C(=O)N[C@](C)(c3ccc4c(c3)OCCCO4)C2=O)cc1. The Kier molecular flexibility index (Phi) is 5.89. The molecule has 0 radical (unpaired) electrons. The number of carbonyl (C=O) groups excluding carboxylic acids is 3. The van der Waals surface area contributed by atoms with E-state index in [2.05, 4.69) is 10.6 Å². The number of fused-ring (bicyclic) bond motifs is 1. The number of hydrogen-bond donors (Lipinski definition) is 2. The Morgan fingerprint density at radius 3 is 2.56 bits per heavy atom. The second-order valence-corrected chi connectivity index (χ2v) is 7.78. The molecule has 0 saturated carbocycles. The highest BCUT2D eigenvalue weighted by molar-refractivity contribution is 6.09. The van der Waals surface area contributed by atoms with Crippen LogP contribution in [0.4, 0.5) is 4.79 Å². The molecule has 1 saturated heterocycles. The van der Waals surface area contributed by atoms with Crippen LogP contribution in [0.1, 0.15) is 24.5 Å². The van der Waals surface area contributed by atoms with Gasteiger partial charge in [0.1, 0.15) is 17.8 Å². The van der Waals surface area contributed by atoms with Gasteiger partial charge in [0.25, 0.3) is 5.91 Å². The molecule has 9 heteroatoms. The van der Waals surface area contributed by atoms with Crippen molar-refractivity contribution in [3.05, 3.63) is 53.6 Å². The Hall–Kier alpha value is -3.75. The molecule has 0 unspecified atom stereocenters. The molecule has 1 fully saturated rings. The number of rotatable bonds is 6. The van der Waals surface area contributed by atoms with Gasteiger partial charge < -0.3 is 24.8 Å². The monoisotopic (exact) mass is 439 g/mol. The predicted molar refractivity (Wildman–Crippen MR) is 114 cm³/mol. The summed E-state index contributed by atoms with van der Waals surface area (Å²) < 4.78 is 16.4. The van der Waals surface area contributed by atoms with E-state index in [9.17, 15) is 14.4 Å². The van der Waals surface area contributed by atoms with E-state index in [1.54, 1.807) is 44.4 Å². The summed E-state index contributed by atoms with van der Waals surface area (Å²) in [6.45, 7) is 2.57. The van der Waals surface area contributed by atoms with Gasteiger partial charge in [0.05, 0.1) is 20.3 Å². The van der Waals surface area contributed by atoms with Crippen LogP contribution >= 0.6 is 0 Å². The van der Waals surface area contributed by atoms with Gasteiger partial charge in [-0.2, -0.15) is 0 Å². The predicted octanol–water partition coefficient (Wildman–Crippen LogP) is 1.94. The molecule has 2 N–H and O–H groups in total. The highest BCUT2D eigenvalue weighted by atomic mass is 16.5. The van der Waals surface area contributed by atoms with E-state index in [0.29, 0.717) is 36.0 Å². The van der Waals surface area contributed by atoms with Crippen molar-refractivity contribution in [2.75, 3.05) is 26.9 Å². The van der Waals surface area contributed by atoms with Crippen molar-refractivity contribution in [3.63, 3.8) is 0 Å². The van der Waals surface area contributed by atoms with Crippen molar-refractivity contribution < 1.29 is 28.6 Å². The number of ether oxygens (including phenoxy) is 3. The minimum absolute atomic E-state index is 0.270. The van der Waals surface area contributed by atoms with Crippen LogP contribution in [0.15, 0.2) is 42.5 Å². The van der Waals surface area contributed by atoms with Crippen molar-refractivity contribution in [3.8, 4) is 17.2 Å². The number of hydrogen-bond acceptors (Lipinski definition) is 6. The number of benzene rings is 2. The first-order valence-corrected chi connectivity index (χ1v) is 10.3. The van der Waals surface area contributed by atoms with Crippen LogP contribution in [0.5, 0.6) is 17.2 Å². The number of nitrogens with one attached hydrogen (secondary N) is 2. The van der Waals surface area contributed by atoms with Gasteiger partial charge in [-0.15, -0.1) is 0 Å². The summed E-state index contributed by atoms with van der Waals surface area (Å²) in [5.41, 5.74) is 0.118. The first-order chi connectivity index (χ1) is 15.4. The van der Waals surface area contributed by atoms with E-state index in [0.717, 1.165) is 16.9 Å². The van der Waals surface area contributed by atoms with Crippen LogP contribution in [-0.4, -0.2) is 49.6 Å². The molecule has 32 heavy (non-hydrogen) atoms. The Labute approximate surface area is 185 Å². The number of nitrogens with zero attached hydrogens (tertiary/aromatic N) is 1. The average molecular weight is 439 g/mol. The lowest BCUT2D eigenvalue weighted by molar-refractivity contribution is -0.134. The van der Waals surface area contributed by atoms with Crippen molar-refractivity contribution >= 4 is 17.8 Å². The molecule has 0 bridgehead atoms. The zero-order valence-corrected chi connectivity index (χ0v) is 18.0. The van der Waals surface area contributed by atoms with Crippen molar-refractivity contribution in [1.29, 1.82) is 0 Å². The molecule has 2 aliphatic rings. The highest BCUT2D eigenvalue weighted by Gasteiger charge is 2.49. The van der Waals surface area contributed by atoms with Gasteiger partial charge in [0, 0.05) is 13.0 Å². The molecule has 0 aliphatic carbocycles. The van der Waals surface area contributed by atoms with Gasteiger partial charge in [-0.05, 0) is 42.3 Å². The molecular weight excluding hydrogens is 414 g/mol. The number of imide groups is 1. The summed E-state index contributed by atoms with van der Waals surface area (Å²) in [5.74, 6) is 0.901. The normalized spacial score (nSPS) is 19.9. The quantitative estimate of drug-likeness (QED) is 0.667. The van der Waals surface area contributed by atoms with E-state index in [4.69, 9.17) is 14.2 Å². The molecule has 168 valence electrons. The second kappa shape index (κ2) is 8.78. The van der Waals surface area contributed by atoms with Crippen LogP contribution in [0, 0.1) is 0 Å². The summed E-state index contributed by atoms with van der Waals surface area (Å²) in [6, 6.07) is 11.8. The number of carbonyl (C=O) groups is 3. The summed E-state index contributed by atoms with van der Waals surface area (Å²) >= 11 is 0. The van der Waals surface area contributed by atoms with Crippen molar-refractivity contribution in [2.24, 2.45) is 0 Å². The number of methoxy groups -OCH3 is 1. The molecule has 9 nitrogen and oxygen atoms in total. The van der Waals surface area contributed by atoms with Gasteiger partial charge in [-0.1, -0.05) is 18.2 Å². The molecule has 2 heterocycles. The van der Waals surface area contributed by atoms with Crippen molar-refractivity contribution in [2.45, 2.75) is 25.4 Å². The van der Waals surface area contributed by atoms with Gasteiger partial charge in [-0.25, -0.2) is 4.79 Å². The third-order valence-corrected chi connectivity index (χ3v) is 5.55. The average Bonchev–Trinajstić information content (AvgIpc) is 2.96. The minimum atomic E-state index is -1.31. The smallest absolute Gasteiger partial charge is 0.325 e. The molecule has 1 atom stereocenters. The second-order valence-electron chi connectivity index (χ2n) is 7.78. The van der Waals surface area contributed by atoms with Gasteiger partial charge >= 0.3 is 6.03 Å². The molecule has 0 aromatic heterocycles. The maximum atomic E-state index is 13.1. The largest absolute Gasteiger partial charge is 0.497 e. The number of urea groups is 1. The third-order valence-electron chi connectivity index (χ3n) is 5.55. The molecular formula is C23H25N3O6. The van der Waals surface area contributed by atoms with E-state index < -0.39 is 23.4 Å². The van der Waals surface area contributed by atoms with Gasteiger partial charge in [0.15, 0.2) is 11.5 Å². The number of amides is 4. The molecule has 0 spiro atoms. The van der Waals surface area contributed by atoms with E-state index in [1.165, 1.54) is 0 Å². The first kappa shape index (κ1) is 21.5. The van der Waals surface area contributed by atoms with E-state index in [-0.39, 0.29) is 13.1 Å². The summed E-state index contributed by atoms with van der Waals surface area (Å²) in [5, 5.41) is 5.44. The molecule has 2 aromatic carbocycles. The van der Waals surface area contributed by atoms with Crippen molar-refractivity contribution in [1.82, 2.24) is 15.5 Å². The standard InChI is InChI=1S/C23H25N3O6/c1-23(16-6-9-18-19(12-16)32-11-3-10-31-18)21(28)26(22(29)25-23)14-20(27)24-13-15-4-7-17(30-2)8-5-15/h4-9,12H,3,10-11,13-14H2,1-2H3,(H,24,27)(H,25,29)/t23-/m1/s1. The Morgan fingerprint density at radius 1 is 1.12 bits per heavy atom. The summed E-state index contributed by atoms with van der Waals surface area (Å²) in [6.07, 6.45) is 0.760. The lowest BCUT2D eigenvalue weighted by Crippen LogP contribution is -2.43.